The van der Waals surface area contributed by atoms with E-state index in [1.165, 1.54) is 30.4 Å². The molecule has 0 aliphatic heterocycles. The Hall–Kier alpha value is -0.670. The van der Waals surface area contributed by atoms with E-state index in [0.717, 1.165) is 9.48 Å². The first-order valence-electron chi connectivity index (χ1n) is 5.49. The summed E-state index contributed by atoms with van der Waals surface area (Å²) in [5.41, 5.74) is 5.52. The molecule has 0 saturated heterocycles. The van der Waals surface area contributed by atoms with E-state index in [2.05, 4.69) is 52.1 Å². The van der Waals surface area contributed by atoms with Crippen molar-refractivity contribution in [2.45, 2.75) is 26.2 Å². The summed E-state index contributed by atoms with van der Waals surface area (Å²) in [6.45, 7) is 2.22. The molecule has 0 N–H and O–H groups in total. The first-order valence-corrected chi connectivity index (χ1v) is 7.17. The molecule has 3 heteroatoms. The van der Waals surface area contributed by atoms with E-state index in [0.29, 0.717) is 0 Å². The first-order chi connectivity index (χ1) is 7.81. The Kier molecular flexibility index (Phi) is 4.13. The van der Waals surface area contributed by atoms with Gasteiger partial charge in [0.25, 0.3) is 0 Å². The summed E-state index contributed by atoms with van der Waals surface area (Å²) < 4.78 is 1.11. The summed E-state index contributed by atoms with van der Waals surface area (Å²) in [6, 6.07) is 8.73. The fourth-order valence-electron chi connectivity index (χ4n) is 1.63. The summed E-state index contributed by atoms with van der Waals surface area (Å²) >= 11 is 5.14. The molecule has 0 bridgehead atoms. The minimum absolute atomic E-state index is 1.05. The number of benzene rings is 1. The molecule has 0 saturated carbocycles. The Labute approximate surface area is 109 Å². The van der Waals surface area contributed by atoms with Crippen LogP contribution in [0.25, 0.3) is 11.3 Å². The quantitative estimate of drug-likeness (QED) is 0.780. The molecule has 0 radical (unpaired) electrons. The van der Waals surface area contributed by atoms with Gasteiger partial charge in [-0.15, -0.1) is 11.3 Å². The van der Waals surface area contributed by atoms with Crippen molar-refractivity contribution in [2.75, 3.05) is 0 Å². The number of hydrogen-bond acceptors (Lipinski definition) is 2. The Morgan fingerprint density at radius 1 is 1.25 bits per heavy atom. The van der Waals surface area contributed by atoms with E-state index in [9.17, 15) is 0 Å². The average Bonchev–Trinajstić information content (AvgIpc) is 2.74. The molecule has 16 heavy (non-hydrogen) atoms. The smallest absolute Gasteiger partial charge is 0.0976 e. The molecule has 84 valence electrons. The van der Waals surface area contributed by atoms with Crippen LogP contribution < -0.4 is 0 Å². The predicted octanol–water partition coefficient (Wildman–Crippen LogP) is 4.92. The van der Waals surface area contributed by atoms with Gasteiger partial charge < -0.3 is 0 Å². The molecule has 2 rings (SSSR count). The van der Waals surface area contributed by atoms with Crippen molar-refractivity contribution in [3.63, 3.8) is 0 Å². The Balaban J connectivity index is 2.16. The number of halogens is 1. The standard InChI is InChI=1S/C13H14BrNS/c1-2-3-4-10-5-7-11(8-6-10)12-13(14)16-9-15-12/h5-9H,2-4H2,1H3. The van der Waals surface area contributed by atoms with Gasteiger partial charge in [0.15, 0.2) is 0 Å². The molecular formula is C13H14BrNS. The highest BCUT2D eigenvalue weighted by molar-refractivity contribution is 9.11. The fraction of sp³-hybridized carbons (Fsp3) is 0.308. The summed E-state index contributed by atoms with van der Waals surface area (Å²) in [7, 11) is 0. The Morgan fingerprint density at radius 2 is 2.00 bits per heavy atom. The first kappa shape index (κ1) is 11.8. The van der Waals surface area contributed by atoms with Crippen molar-refractivity contribution in [3.05, 3.63) is 39.1 Å². The molecule has 0 atom stereocenters. The van der Waals surface area contributed by atoms with Gasteiger partial charge in [-0.05, 0) is 34.3 Å². The molecule has 2 aromatic rings. The Bertz CT molecular complexity index is 447. The molecule has 1 nitrogen and oxygen atoms in total. The lowest BCUT2D eigenvalue weighted by Gasteiger charge is -2.02. The second-order valence-electron chi connectivity index (χ2n) is 3.78. The van der Waals surface area contributed by atoms with Crippen molar-refractivity contribution in [2.24, 2.45) is 0 Å². The van der Waals surface area contributed by atoms with Crippen LogP contribution in [0.5, 0.6) is 0 Å². The fourth-order valence-corrected chi connectivity index (χ4v) is 2.75. The monoisotopic (exact) mass is 295 g/mol. The second-order valence-corrected chi connectivity index (χ2v) is 5.95. The number of thiazole rings is 1. The molecule has 0 amide bonds. The highest BCUT2D eigenvalue weighted by Gasteiger charge is 2.05. The summed E-state index contributed by atoms with van der Waals surface area (Å²) in [6.07, 6.45) is 3.69. The van der Waals surface area contributed by atoms with Crippen LogP contribution in [0.2, 0.25) is 0 Å². The van der Waals surface area contributed by atoms with Crippen LogP contribution in [-0.4, -0.2) is 4.98 Å². The maximum Gasteiger partial charge on any atom is 0.0976 e. The van der Waals surface area contributed by atoms with E-state index in [1.807, 2.05) is 5.51 Å². The third-order valence-corrected chi connectivity index (χ3v) is 4.12. The molecule has 0 spiro atoms. The van der Waals surface area contributed by atoms with Gasteiger partial charge in [-0.25, -0.2) is 4.98 Å². The number of unbranched alkanes of at least 4 members (excludes halogenated alkanes) is 1. The van der Waals surface area contributed by atoms with E-state index in [4.69, 9.17) is 0 Å². The van der Waals surface area contributed by atoms with Gasteiger partial charge in [0.2, 0.25) is 0 Å². The SMILES string of the molecule is CCCCc1ccc(-c2ncsc2Br)cc1. The number of nitrogens with zero attached hydrogens (tertiary/aromatic N) is 1. The van der Waals surface area contributed by atoms with Crippen LogP contribution in [0, 0.1) is 0 Å². The van der Waals surface area contributed by atoms with Crippen molar-refractivity contribution >= 4 is 27.3 Å². The largest absolute Gasteiger partial charge is 0.243 e. The zero-order chi connectivity index (χ0) is 11.4. The van der Waals surface area contributed by atoms with Gasteiger partial charge in [0.05, 0.1) is 15.0 Å². The van der Waals surface area contributed by atoms with Crippen molar-refractivity contribution in [1.29, 1.82) is 0 Å². The molecule has 0 aliphatic carbocycles. The van der Waals surface area contributed by atoms with Gasteiger partial charge in [-0.3, -0.25) is 0 Å². The zero-order valence-electron chi connectivity index (χ0n) is 9.24. The molecule has 0 fully saturated rings. The number of rotatable bonds is 4. The van der Waals surface area contributed by atoms with E-state index in [1.54, 1.807) is 11.3 Å². The zero-order valence-corrected chi connectivity index (χ0v) is 11.6. The number of aryl methyl sites for hydroxylation is 1. The van der Waals surface area contributed by atoms with Gasteiger partial charge in [-0.1, -0.05) is 37.6 Å². The van der Waals surface area contributed by atoms with Crippen LogP contribution in [0.15, 0.2) is 33.6 Å². The summed E-state index contributed by atoms with van der Waals surface area (Å²) in [4.78, 5) is 4.35. The lowest BCUT2D eigenvalue weighted by Crippen LogP contribution is -1.85. The molecule has 1 aromatic carbocycles. The Morgan fingerprint density at radius 3 is 2.56 bits per heavy atom. The van der Waals surface area contributed by atoms with Crippen LogP contribution in [-0.2, 0) is 6.42 Å². The molecule has 0 unspecified atom stereocenters. The van der Waals surface area contributed by atoms with Crippen molar-refractivity contribution in [3.8, 4) is 11.3 Å². The van der Waals surface area contributed by atoms with Crippen molar-refractivity contribution in [1.82, 2.24) is 4.98 Å². The lowest BCUT2D eigenvalue weighted by atomic mass is 10.1. The van der Waals surface area contributed by atoms with Crippen LogP contribution >= 0.6 is 27.3 Å². The van der Waals surface area contributed by atoms with Crippen LogP contribution in [0.3, 0.4) is 0 Å². The normalized spacial score (nSPS) is 10.6. The molecule has 1 heterocycles. The van der Waals surface area contributed by atoms with Crippen LogP contribution in [0.4, 0.5) is 0 Å². The topological polar surface area (TPSA) is 12.9 Å². The highest BCUT2D eigenvalue weighted by Crippen LogP contribution is 2.30. The highest BCUT2D eigenvalue weighted by atomic mass is 79.9. The number of hydrogen-bond donors (Lipinski definition) is 0. The molecular weight excluding hydrogens is 282 g/mol. The van der Waals surface area contributed by atoms with E-state index < -0.39 is 0 Å². The van der Waals surface area contributed by atoms with Gasteiger partial charge >= 0.3 is 0 Å². The maximum atomic E-state index is 4.35. The van der Waals surface area contributed by atoms with Gasteiger partial charge in [-0.2, -0.15) is 0 Å². The summed E-state index contributed by atoms with van der Waals surface area (Å²) in [5.74, 6) is 0. The average molecular weight is 296 g/mol. The molecule has 0 aliphatic rings. The van der Waals surface area contributed by atoms with Crippen LogP contribution in [0.1, 0.15) is 25.3 Å². The summed E-state index contributed by atoms with van der Waals surface area (Å²) in [5, 5.41) is 0. The van der Waals surface area contributed by atoms with Gasteiger partial charge in [0.1, 0.15) is 0 Å². The van der Waals surface area contributed by atoms with E-state index >= 15 is 0 Å². The lowest BCUT2D eigenvalue weighted by molar-refractivity contribution is 0.795. The third kappa shape index (κ3) is 2.71. The number of aromatic nitrogens is 1. The maximum absolute atomic E-state index is 4.35. The van der Waals surface area contributed by atoms with Crippen molar-refractivity contribution < 1.29 is 0 Å². The second kappa shape index (κ2) is 5.60. The minimum atomic E-state index is 1.05. The van der Waals surface area contributed by atoms with Gasteiger partial charge in [0, 0.05) is 5.56 Å². The predicted molar refractivity (Wildman–Crippen MR) is 73.9 cm³/mol. The van der Waals surface area contributed by atoms with E-state index in [-0.39, 0.29) is 0 Å². The third-order valence-electron chi connectivity index (χ3n) is 2.57. The molecule has 1 aromatic heterocycles. The minimum Gasteiger partial charge on any atom is -0.243 e.